The number of anilines is 3. The molecule has 7 nitrogen and oxygen atoms in total. The Kier molecular flexibility index (Phi) is 8.80. The van der Waals surface area contributed by atoms with Crippen molar-refractivity contribution < 1.29 is 19.5 Å². The Morgan fingerprint density at radius 1 is 0.902 bits per heavy atom. The molecule has 0 bridgehead atoms. The van der Waals surface area contributed by atoms with Crippen LogP contribution >= 0.6 is 58.0 Å². The van der Waals surface area contributed by atoms with Gasteiger partial charge in [-0.15, -0.1) is 23.2 Å². The highest BCUT2D eigenvalue weighted by Crippen LogP contribution is 2.65. The molecule has 1 fully saturated rings. The molecule has 3 N–H and O–H groups in total. The Morgan fingerprint density at radius 3 is 2.10 bits per heavy atom. The molecule has 1 saturated carbocycles. The average Bonchev–Trinajstić information content (AvgIpc) is 3.42. The summed E-state index contributed by atoms with van der Waals surface area (Å²) in [5, 5.41) is 16.2. The summed E-state index contributed by atoms with van der Waals surface area (Å²) in [6.45, 7) is 7.12. The quantitative estimate of drug-likeness (QED) is 0.231. The van der Waals surface area contributed by atoms with Crippen LogP contribution in [-0.4, -0.2) is 32.9 Å². The minimum atomic E-state index is -1.36. The number of carbonyl (C=O) groups excluding carboxylic acids is 2. The Hall–Kier alpha value is -2.68. The number of aryl methyl sites for hydroxylation is 1. The van der Waals surface area contributed by atoms with Crippen molar-refractivity contribution in [3.63, 3.8) is 0 Å². The lowest BCUT2D eigenvalue weighted by atomic mass is 10.0. The van der Waals surface area contributed by atoms with Gasteiger partial charge in [-0.1, -0.05) is 34.8 Å². The number of halogens is 5. The van der Waals surface area contributed by atoms with Crippen LogP contribution in [0, 0.1) is 12.8 Å². The fraction of sp³-hybridized carbons (Fsp3) is 0.276. The third-order valence-corrected chi connectivity index (χ3v) is 8.34. The molecular formula is C29H26Cl5N3O4. The van der Waals surface area contributed by atoms with E-state index >= 15 is 0 Å². The summed E-state index contributed by atoms with van der Waals surface area (Å²) in [6.07, 6.45) is -1.09. The highest BCUT2D eigenvalue weighted by Gasteiger charge is 2.67. The van der Waals surface area contributed by atoms with E-state index in [-0.39, 0.29) is 10.6 Å². The minimum absolute atomic E-state index is 0.117. The second kappa shape index (κ2) is 11.5. The lowest BCUT2D eigenvalue weighted by Gasteiger charge is -2.33. The summed E-state index contributed by atoms with van der Waals surface area (Å²) in [5.41, 5.74) is 1.99. The van der Waals surface area contributed by atoms with Gasteiger partial charge < -0.3 is 15.7 Å². The number of nitrogens with one attached hydrogen (secondary N) is 2. The second-order valence-corrected chi connectivity index (χ2v) is 13.5. The molecule has 41 heavy (non-hydrogen) atoms. The number of carbonyl (C=O) groups is 3. The van der Waals surface area contributed by atoms with Gasteiger partial charge in [0.15, 0.2) is 0 Å². The van der Waals surface area contributed by atoms with Crippen molar-refractivity contribution in [2.24, 2.45) is 5.92 Å². The summed E-state index contributed by atoms with van der Waals surface area (Å²) in [4.78, 5) is 39.4. The molecule has 4 rings (SSSR count). The average molecular weight is 658 g/mol. The number of hydrogen-bond donors (Lipinski definition) is 3. The van der Waals surface area contributed by atoms with Gasteiger partial charge >= 0.3 is 6.09 Å². The van der Waals surface area contributed by atoms with Gasteiger partial charge in [0.2, 0.25) is 5.91 Å². The number of nitrogens with zero attached hydrogens (tertiary/aromatic N) is 1. The summed E-state index contributed by atoms with van der Waals surface area (Å²) < 4.78 is -1.36. The SMILES string of the molecule is Cc1cc(N(C(=O)O)C(C)(C)C)ccc1NC(=O)c1cc(NC(=O)[C@@H]2[C@@H](c3cc(Cl)cc(Cl)c3)C2(Cl)Cl)ccc1Cl. The maximum absolute atomic E-state index is 13.2. The highest BCUT2D eigenvalue weighted by atomic mass is 35.5. The van der Waals surface area contributed by atoms with Gasteiger partial charge in [0.25, 0.3) is 5.91 Å². The van der Waals surface area contributed by atoms with Crippen molar-refractivity contribution in [2.75, 3.05) is 15.5 Å². The third-order valence-electron chi connectivity index (χ3n) is 6.64. The smallest absolute Gasteiger partial charge is 0.412 e. The van der Waals surface area contributed by atoms with Crippen LogP contribution in [0.15, 0.2) is 54.6 Å². The second-order valence-electron chi connectivity index (χ2n) is 10.8. The predicted molar refractivity (Wildman–Crippen MR) is 167 cm³/mol. The van der Waals surface area contributed by atoms with E-state index in [2.05, 4.69) is 10.6 Å². The van der Waals surface area contributed by atoms with Crippen LogP contribution in [0.4, 0.5) is 21.9 Å². The van der Waals surface area contributed by atoms with Crippen molar-refractivity contribution >= 4 is 93.0 Å². The molecule has 0 spiro atoms. The Labute approximate surface area is 262 Å². The van der Waals surface area contributed by atoms with Crippen LogP contribution in [0.1, 0.15) is 48.2 Å². The van der Waals surface area contributed by atoms with Crippen LogP contribution in [-0.2, 0) is 4.79 Å². The van der Waals surface area contributed by atoms with E-state index in [1.165, 1.54) is 17.0 Å². The topological polar surface area (TPSA) is 98.7 Å². The molecule has 3 amide bonds. The number of amides is 3. The van der Waals surface area contributed by atoms with Gasteiger partial charge in [0.1, 0.15) is 4.33 Å². The number of rotatable bonds is 6. The highest BCUT2D eigenvalue weighted by molar-refractivity contribution is 6.53. The lowest BCUT2D eigenvalue weighted by molar-refractivity contribution is -0.117. The van der Waals surface area contributed by atoms with E-state index in [1.54, 1.807) is 70.2 Å². The first-order valence-electron chi connectivity index (χ1n) is 12.4. The standard InChI is InChI=1S/C29H26Cl5N3O4/c1-14-9-19(37(27(40)41)28(2,3)4)6-8-22(14)36-25(38)20-13-18(5-7-21(20)32)35-26(39)24-23(29(24,33)34)15-10-16(30)12-17(31)11-15/h5-13,23-24H,1-4H3,(H,35,39)(H,36,38)(H,40,41)/t23-,24+/m1/s1. The molecule has 0 aliphatic heterocycles. The molecule has 216 valence electrons. The summed E-state index contributed by atoms with van der Waals surface area (Å²) in [5.74, 6) is -2.28. The summed E-state index contributed by atoms with van der Waals surface area (Å²) in [6, 6.07) is 14.3. The van der Waals surface area contributed by atoms with E-state index in [1.807, 2.05) is 0 Å². The lowest BCUT2D eigenvalue weighted by Crippen LogP contribution is -2.45. The zero-order chi connectivity index (χ0) is 30.4. The van der Waals surface area contributed by atoms with Gasteiger partial charge in [-0.3, -0.25) is 14.5 Å². The monoisotopic (exact) mass is 655 g/mol. The summed E-state index contributed by atoms with van der Waals surface area (Å²) in [7, 11) is 0. The largest absolute Gasteiger partial charge is 0.465 e. The molecule has 0 heterocycles. The molecule has 0 aromatic heterocycles. The van der Waals surface area contributed by atoms with Crippen LogP contribution in [0.25, 0.3) is 0 Å². The fourth-order valence-corrected chi connectivity index (χ4v) is 6.30. The molecule has 1 aliphatic rings. The third kappa shape index (κ3) is 6.71. The van der Waals surface area contributed by atoms with Crippen molar-refractivity contribution in [1.82, 2.24) is 0 Å². The van der Waals surface area contributed by atoms with Gasteiger partial charge in [0, 0.05) is 38.6 Å². The molecule has 3 aromatic carbocycles. The zero-order valence-corrected chi connectivity index (χ0v) is 26.1. The van der Waals surface area contributed by atoms with Crippen LogP contribution in [0.2, 0.25) is 15.1 Å². The number of hydrogen-bond acceptors (Lipinski definition) is 3. The van der Waals surface area contributed by atoms with Crippen molar-refractivity contribution in [3.05, 3.63) is 86.4 Å². The molecule has 1 aliphatic carbocycles. The Balaban J connectivity index is 1.51. The van der Waals surface area contributed by atoms with E-state index in [0.717, 1.165) is 0 Å². The van der Waals surface area contributed by atoms with Gasteiger partial charge in [-0.05, 0) is 93.4 Å². The van der Waals surface area contributed by atoms with Crippen LogP contribution in [0.5, 0.6) is 0 Å². The molecular weight excluding hydrogens is 632 g/mol. The van der Waals surface area contributed by atoms with Crippen molar-refractivity contribution in [2.45, 2.75) is 43.5 Å². The maximum atomic E-state index is 13.2. The Morgan fingerprint density at radius 2 is 1.54 bits per heavy atom. The van der Waals surface area contributed by atoms with Crippen molar-refractivity contribution in [1.29, 1.82) is 0 Å². The van der Waals surface area contributed by atoms with E-state index in [9.17, 15) is 19.5 Å². The van der Waals surface area contributed by atoms with Crippen LogP contribution in [0.3, 0.4) is 0 Å². The maximum Gasteiger partial charge on any atom is 0.412 e. The molecule has 12 heteroatoms. The van der Waals surface area contributed by atoms with Gasteiger partial charge in [-0.25, -0.2) is 4.79 Å². The zero-order valence-electron chi connectivity index (χ0n) is 22.4. The van der Waals surface area contributed by atoms with E-state index < -0.39 is 39.6 Å². The first-order chi connectivity index (χ1) is 19.0. The fourth-order valence-electron chi connectivity index (χ4n) is 4.72. The van der Waals surface area contributed by atoms with Crippen molar-refractivity contribution in [3.8, 4) is 0 Å². The Bertz CT molecular complexity index is 1530. The number of alkyl halides is 2. The molecule has 0 unspecified atom stereocenters. The minimum Gasteiger partial charge on any atom is -0.465 e. The normalized spacial score (nSPS) is 17.5. The van der Waals surface area contributed by atoms with Gasteiger partial charge in [0.05, 0.1) is 16.5 Å². The first-order valence-corrected chi connectivity index (χ1v) is 14.3. The number of benzene rings is 3. The van der Waals surface area contributed by atoms with E-state index in [0.29, 0.717) is 38.2 Å². The van der Waals surface area contributed by atoms with Gasteiger partial charge in [-0.2, -0.15) is 0 Å². The molecule has 3 aromatic rings. The molecule has 0 saturated heterocycles. The molecule has 0 radical (unpaired) electrons. The predicted octanol–water partition coefficient (Wildman–Crippen LogP) is 9.02. The van der Waals surface area contributed by atoms with E-state index in [4.69, 9.17) is 58.0 Å². The van der Waals surface area contributed by atoms with Crippen LogP contribution < -0.4 is 15.5 Å². The summed E-state index contributed by atoms with van der Waals surface area (Å²) >= 11 is 31.5. The number of carboxylic acid groups (broad SMARTS) is 1. The molecule has 2 atom stereocenters. The first kappa shape index (κ1) is 31.3.